The summed E-state index contributed by atoms with van der Waals surface area (Å²) in [6, 6.07) is 7.94. The molecule has 1 rings (SSSR count). The third-order valence-corrected chi connectivity index (χ3v) is 3.02. The topological polar surface area (TPSA) is 35.2 Å². The summed E-state index contributed by atoms with van der Waals surface area (Å²) in [7, 11) is 0. The molecular weight excluding hydrogens is 230 g/mol. The van der Waals surface area contributed by atoms with Crippen LogP contribution in [0.4, 0.5) is 0 Å². The Labute approximate surface area is 100 Å². The Morgan fingerprint density at radius 2 is 2.20 bits per heavy atom. The zero-order valence-electron chi connectivity index (χ0n) is 8.62. The van der Waals surface area contributed by atoms with Crippen LogP contribution in [0.5, 0.6) is 0 Å². The number of benzene rings is 1. The number of thioether (sulfide) groups is 1. The largest absolute Gasteiger partial charge is 0.379 e. The molecule has 0 aliphatic heterocycles. The van der Waals surface area contributed by atoms with Gasteiger partial charge in [0.1, 0.15) is 0 Å². The number of hydrogen-bond donors (Lipinski definition) is 1. The molecule has 1 aromatic rings. The van der Waals surface area contributed by atoms with E-state index in [0.29, 0.717) is 13.2 Å². The molecule has 0 bridgehead atoms. The van der Waals surface area contributed by atoms with Crippen molar-refractivity contribution in [2.24, 2.45) is 5.73 Å². The van der Waals surface area contributed by atoms with Gasteiger partial charge in [-0.05, 0) is 17.7 Å². The second-order valence-electron chi connectivity index (χ2n) is 3.08. The maximum atomic E-state index is 5.88. The van der Waals surface area contributed by atoms with Crippen molar-refractivity contribution in [3.05, 3.63) is 34.9 Å². The van der Waals surface area contributed by atoms with Gasteiger partial charge in [-0.25, -0.2) is 0 Å². The second-order valence-corrected chi connectivity index (χ2v) is 4.63. The van der Waals surface area contributed by atoms with Crippen LogP contribution in [0.15, 0.2) is 24.3 Å². The molecule has 0 aliphatic carbocycles. The Morgan fingerprint density at radius 1 is 1.33 bits per heavy atom. The Bertz CT molecular complexity index is 283. The Hall–Kier alpha value is -0.220. The molecule has 0 amide bonds. The third-order valence-electron chi connectivity index (χ3n) is 1.79. The van der Waals surface area contributed by atoms with Crippen LogP contribution in [0.2, 0.25) is 5.02 Å². The van der Waals surface area contributed by atoms with Crippen molar-refractivity contribution in [1.82, 2.24) is 0 Å². The van der Waals surface area contributed by atoms with Gasteiger partial charge >= 0.3 is 0 Å². The summed E-state index contributed by atoms with van der Waals surface area (Å²) in [5.74, 6) is 1.97. The van der Waals surface area contributed by atoms with Gasteiger partial charge in [-0.15, -0.1) is 0 Å². The fourth-order valence-corrected chi connectivity index (χ4v) is 2.13. The first-order valence-electron chi connectivity index (χ1n) is 4.93. The first kappa shape index (κ1) is 12.8. The van der Waals surface area contributed by atoms with Crippen LogP contribution in [0.3, 0.4) is 0 Å². The van der Waals surface area contributed by atoms with Crippen molar-refractivity contribution in [1.29, 1.82) is 0 Å². The van der Waals surface area contributed by atoms with Gasteiger partial charge in [0, 0.05) is 23.1 Å². The van der Waals surface area contributed by atoms with Gasteiger partial charge in [-0.1, -0.05) is 23.7 Å². The Balaban J connectivity index is 2.10. The molecule has 0 atom stereocenters. The van der Waals surface area contributed by atoms with E-state index in [2.05, 4.69) is 6.07 Å². The average Bonchev–Trinajstić information content (AvgIpc) is 2.23. The highest BCUT2D eigenvalue weighted by molar-refractivity contribution is 7.98. The van der Waals surface area contributed by atoms with Crippen LogP contribution in [0.25, 0.3) is 0 Å². The van der Waals surface area contributed by atoms with E-state index in [9.17, 15) is 0 Å². The lowest BCUT2D eigenvalue weighted by atomic mass is 10.2. The van der Waals surface area contributed by atoms with E-state index in [4.69, 9.17) is 22.1 Å². The zero-order chi connectivity index (χ0) is 10.9. The number of ether oxygens (including phenoxy) is 1. The lowest BCUT2D eigenvalue weighted by molar-refractivity contribution is 0.158. The SMILES string of the molecule is NCCOCCSCc1cccc(Cl)c1. The second kappa shape index (κ2) is 7.99. The molecule has 0 heterocycles. The fourth-order valence-electron chi connectivity index (χ4n) is 1.12. The molecule has 0 radical (unpaired) electrons. The molecule has 2 N–H and O–H groups in total. The van der Waals surface area contributed by atoms with Crippen molar-refractivity contribution < 1.29 is 4.74 Å². The van der Waals surface area contributed by atoms with Crippen LogP contribution < -0.4 is 5.73 Å². The summed E-state index contributed by atoms with van der Waals surface area (Å²) in [6.07, 6.45) is 0. The summed E-state index contributed by atoms with van der Waals surface area (Å²) in [4.78, 5) is 0. The Morgan fingerprint density at radius 3 is 2.93 bits per heavy atom. The van der Waals surface area contributed by atoms with E-state index >= 15 is 0 Å². The molecular formula is C11H16ClNOS. The predicted molar refractivity (Wildman–Crippen MR) is 67.5 cm³/mol. The van der Waals surface area contributed by atoms with Crippen LogP contribution in [0.1, 0.15) is 5.56 Å². The summed E-state index contributed by atoms with van der Waals surface area (Å²) < 4.78 is 5.27. The third kappa shape index (κ3) is 6.05. The van der Waals surface area contributed by atoms with Gasteiger partial charge in [-0.3, -0.25) is 0 Å². The van der Waals surface area contributed by atoms with Gasteiger partial charge in [-0.2, -0.15) is 11.8 Å². The van der Waals surface area contributed by atoms with Gasteiger partial charge in [0.15, 0.2) is 0 Å². The van der Waals surface area contributed by atoms with Gasteiger partial charge in [0.25, 0.3) is 0 Å². The monoisotopic (exact) mass is 245 g/mol. The number of halogens is 1. The lowest BCUT2D eigenvalue weighted by Crippen LogP contribution is -2.09. The first-order chi connectivity index (χ1) is 7.33. The van der Waals surface area contributed by atoms with E-state index in [1.165, 1.54) is 5.56 Å². The minimum Gasteiger partial charge on any atom is -0.379 e. The highest BCUT2D eigenvalue weighted by atomic mass is 35.5. The van der Waals surface area contributed by atoms with Crippen LogP contribution in [0, 0.1) is 0 Å². The molecule has 0 spiro atoms. The molecule has 0 saturated carbocycles. The maximum absolute atomic E-state index is 5.88. The standard InChI is InChI=1S/C11H16ClNOS/c12-11-3-1-2-10(8-11)9-15-7-6-14-5-4-13/h1-3,8H,4-7,9,13H2. The molecule has 4 heteroatoms. The summed E-state index contributed by atoms with van der Waals surface area (Å²) in [5.41, 5.74) is 6.56. The molecule has 0 aliphatic rings. The van der Waals surface area contributed by atoms with Crippen LogP contribution in [-0.4, -0.2) is 25.5 Å². The summed E-state index contributed by atoms with van der Waals surface area (Å²) in [6.45, 7) is 2.01. The molecule has 0 fully saturated rings. The van der Waals surface area contributed by atoms with E-state index in [-0.39, 0.29) is 0 Å². The van der Waals surface area contributed by atoms with Gasteiger partial charge in [0.2, 0.25) is 0 Å². The summed E-state index contributed by atoms with van der Waals surface area (Å²) >= 11 is 7.72. The van der Waals surface area contributed by atoms with E-state index < -0.39 is 0 Å². The molecule has 1 aromatic carbocycles. The van der Waals surface area contributed by atoms with Gasteiger partial charge < -0.3 is 10.5 Å². The van der Waals surface area contributed by atoms with Crippen molar-refractivity contribution >= 4 is 23.4 Å². The normalized spacial score (nSPS) is 10.5. The number of nitrogens with two attached hydrogens (primary N) is 1. The minimum absolute atomic E-state index is 0.596. The van der Waals surface area contributed by atoms with Crippen molar-refractivity contribution in [2.45, 2.75) is 5.75 Å². The molecule has 0 saturated heterocycles. The van der Waals surface area contributed by atoms with Crippen molar-refractivity contribution in [3.63, 3.8) is 0 Å². The highest BCUT2D eigenvalue weighted by Gasteiger charge is 1.95. The average molecular weight is 246 g/mol. The van der Waals surface area contributed by atoms with Crippen LogP contribution in [-0.2, 0) is 10.5 Å². The molecule has 0 aromatic heterocycles. The van der Waals surface area contributed by atoms with E-state index in [1.54, 1.807) is 0 Å². The highest BCUT2D eigenvalue weighted by Crippen LogP contribution is 2.16. The van der Waals surface area contributed by atoms with Crippen LogP contribution >= 0.6 is 23.4 Å². The zero-order valence-corrected chi connectivity index (χ0v) is 10.2. The number of hydrogen-bond acceptors (Lipinski definition) is 3. The van der Waals surface area contributed by atoms with E-state index in [0.717, 1.165) is 23.1 Å². The minimum atomic E-state index is 0.596. The number of rotatable bonds is 7. The molecule has 2 nitrogen and oxygen atoms in total. The molecule has 84 valence electrons. The smallest absolute Gasteiger partial charge is 0.0589 e. The van der Waals surface area contributed by atoms with Crippen molar-refractivity contribution in [2.75, 3.05) is 25.5 Å². The predicted octanol–water partition coefficient (Wildman–Crippen LogP) is 2.55. The summed E-state index contributed by atoms with van der Waals surface area (Å²) in [5, 5.41) is 0.799. The Kier molecular flexibility index (Phi) is 6.85. The van der Waals surface area contributed by atoms with Gasteiger partial charge in [0.05, 0.1) is 13.2 Å². The van der Waals surface area contributed by atoms with Crippen molar-refractivity contribution in [3.8, 4) is 0 Å². The lowest BCUT2D eigenvalue weighted by Gasteiger charge is -2.03. The molecule has 15 heavy (non-hydrogen) atoms. The van der Waals surface area contributed by atoms with E-state index in [1.807, 2.05) is 30.0 Å². The fraction of sp³-hybridized carbons (Fsp3) is 0.455. The first-order valence-corrected chi connectivity index (χ1v) is 6.46. The quantitative estimate of drug-likeness (QED) is 0.750. The molecule has 0 unspecified atom stereocenters. The maximum Gasteiger partial charge on any atom is 0.0589 e.